The molecule has 0 aliphatic heterocycles. The second-order valence-corrected chi connectivity index (χ2v) is 4.71. The molecule has 0 aliphatic rings. The third kappa shape index (κ3) is 3.62. The Hall–Kier alpha value is -1.78. The SMILES string of the molecule is CNCc1cc(Cl)cc(OC)c1OCc1ccncc1. The van der Waals surface area contributed by atoms with E-state index in [1.54, 1.807) is 25.6 Å². The highest BCUT2D eigenvalue weighted by atomic mass is 35.5. The molecule has 0 saturated heterocycles. The number of rotatable bonds is 6. The van der Waals surface area contributed by atoms with Crippen molar-refractivity contribution in [3.05, 3.63) is 52.8 Å². The number of nitrogens with zero attached hydrogens (tertiary/aromatic N) is 1. The maximum absolute atomic E-state index is 6.08. The molecule has 0 saturated carbocycles. The fourth-order valence-corrected chi connectivity index (χ4v) is 2.13. The van der Waals surface area contributed by atoms with E-state index in [0.717, 1.165) is 11.1 Å². The van der Waals surface area contributed by atoms with Crippen molar-refractivity contribution < 1.29 is 9.47 Å². The van der Waals surface area contributed by atoms with Crippen LogP contribution in [0.4, 0.5) is 0 Å². The molecular weight excluding hydrogens is 276 g/mol. The molecule has 5 heteroatoms. The van der Waals surface area contributed by atoms with Gasteiger partial charge in [0, 0.05) is 35.6 Å². The van der Waals surface area contributed by atoms with Crippen LogP contribution < -0.4 is 14.8 Å². The van der Waals surface area contributed by atoms with E-state index in [-0.39, 0.29) is 0 Å². The Labute approximate surface area is 123 Å². The van der Waals surface area contributed by atoms with Crippen LogP contribution in [0.2, 0.25) is 5.02 Å². The Morgan fingerprint density at radius 2 is 2.00 bits per heavy atom. The van der Waals surface area contributed by atoms with E-state index in [0.29, 0.717) is 29.7 Å². The lowest BCUT2D eigenvalue weighted by atomic mass is 10.2. The zero-order chi connectivity index (χ0) is 14.4. The first-order chi connectivity index (χ1) is 9.74. The van der Waals surface area contributed by atoms with Crippen molar-refractivity contribution in [2.45, 2.75) is 13.2 Å². The Kier molecular flexibility index (Phi) is 5.21. The van der Waals surface area contributed by atoms with Gasteiger partial charge in [-0.25, -0.2) is 0 Å². The Balaban J connectivity index is 2.24. The number of ether oxygens (including phenoxy) is 2. The van der Waals surface area contributed by atoms with Crippen molar-refractivity contribution in [1.82, 2.24) is 10.3 Å². The molecule has 1 heterocycles. The lowest BCUT2D eigenvalue weighted by Crippen LogP contribution is -2.08. The number of halogens is 1. The van der Waals surface area contributed by atoms with Gasteiger partial charge in [-0.05, 0) is 30.8 Å². The van der Waals surface area contributed by atoms with Crippen molar-refractivity contribution in [3.8, 4) is 11.5 Å². The van der Waals surface area contributed by atoms with Gasteiger partial charge in [0.1, 0.15) is 6.61 Å². The fourth-order valence-electron chi connectivity index (χ4n) is 1.89. The highest BCUT2D eigenvalue weighted by molar-refractivity contribution is 6.30. The summed E-state index contributed by atoms with van der Waals surface area (Å²) in [5, 5.41) is 3.73. The number of aromatic nitrogens is 1. The van der Waals surface area contributed by atoms with Crippen molar-refractivity contribution in [2.24, 2.45) is 0 Å². The zero-order valence-electron chi connectivity index (χ0n) is 11.5. The molecule has 1 N–H and O–H groups in total. The summed E-state index contributed by atoms with van der Waals surface area (Å²) in [6.45, 7) is 1.11. The Morgan fingerprint density at radius 1 is 1.25 bits per heavy atom. The van der Waals surface area contributed by atoms with Gasteiger partial charge in [0.2, 0.25) is 0 Å². The monoisotopic (exact) mass is 292 g/mol. The number of methoxy groups -OCH3 is 1. The average molecular weight is 293 g/mol. The van der Waals surface area contributed by atoms with Gasteiger partial charge in [-0.2, -0.15) is 0 Å². The highest BCUT2D eigenvalue weighted by Crippen LogP contribution is 2.35. The minimum Gasteiger partial charge on any atom is -0.493 e. The summed E-state index contributed by atoms with van der Waals surface area (Å²) >= 11 is 6.08. The fraction of sp³-hybridized carbons (Fsp3) is 0.267. The van der Waals surface area contributed by atoms with Gasteiger partial charge in [0.25, 0.3) is 0 Å². The van der Waals surface area contributed by atoms with Crippen LogP contribution in [0.1, 0.15) is 11.1 Å². The summed E-state index contributed by atoms with van der Waals surface area (Å²) in [5.74, 6) is 1.35. The molecule has 1 aromatic heterocycles. The molecule has 0 aliphatic carbocycles. The third-order valence-corrected chi connectivity index (χ3v) is 3.03. The van der Waals surface area contributed by atoms with Crippen molar-refractivity contribution >= 4 is 11.6 Å². The average Bonchev–Trinajstić information content (AvgIpc) is 2.47. The summed E-state index contributed by atoms with van der Waals surface area (Å²) in [5.41, 5.74) is 2.01. The summed E-state index contributed by atoms with van der Waals surface area (Å²) in [4.78, 5) is 3.98. The van der Waals surface area contributed by atoms with Crippen molar-refractivity contribution in [2.75, 3.05) is 14.2 Å². The van der Waals surface area contributed by atoms with Gasteiger partial charge in [0.05, 0.1) is 7.11 Å². The minimum atomic E-state index is 0.456. The molecule has 0 unspecified atom stereocenters. The largest absolute Gasteiger partial charge is 0.493 e. The molecule has 1 aromatic carbocycles. The molecular formula is C15H17ClN2O2. The van der Waals surface area contributed by atoms with Gasteiger partial charge >= 0.3 is 0 Å². The summed E-state index contributed by atoms with van der Waals surface area (Å²) in [6, 6.07) is 7.46. The Morgan fingerprint density at radius 3 is 2.65 bits per heavy atom. The van der Waals surface area contributed by atoms with Crippen LogP contribution in [0, 0.1) is 0 Å². The second-order valence-electron chi connectivity index (χ2n) is 4.27. The molecule has 20 heavy (non-hydrogen) atoms. The molecule has 0 atom stereocenters. The van der Waals surface area contributed by atoms with Gasteiger partial charge in [-0.1, -0.05) is 11.6 Å². The summed E-state index contributed by atoms with van der Waals surface area (Å²) < 4.78 is 11.3. The lowest BCUT2D eigenvalue weighted by Gasteiger charge is -2.15. The van der Waals surface area contributed by atoms with Crippen LogP contribution in [0.5, 0.6) is 11.5 Å². The number of hydrogen-bond acceptors (Lipinski definition) is 4. The summed E-state index contributed by atoms with van der Waals surface area (Å²) in [7, 11) is 3.48. The predicted molar refractivity (Wildman–Crippen MR) is 79.3 cm³/mol. The maximum Gasteiger partial charge on any atom is 0.166 e. The number of nitrogens with one attached hydrogen (secondary N) is 1. The first-order valence-electron chi connectivity index (χ1n) is 6.27. The van der Waals surface area contributed by atoms with Crippen LogP contribution in [0.25, 0.3) is 0 Å². The van der Waals surface area contributed by atoms with E-state index in [9.17, 15) is 0 Å². The van der Waals surface area contributed by atoms with E-state index in [1.165, 1.54) is 0 Å². The normalized spacial score (nSPS) is 10.3. The minimum absolute atomic E-state index is 0.456. The maximum atomic E-state index is 6.08. The number of hydrogen-bond donors (Lipinski definition) is 1. The van der Waals surface area contributed by atoms with Crippen LogP contribution in [-0.2, 0) is 13.2 Å². The number of pyridine rings is 1. The lowest BCUT2D eigenvalue weighted by molar-refractivity contribution is 0.281. The molecule has 4 nitrogen and oxygen atoms in total. The molecule has 106 valence electrons. The van der Waals surface area contributed by atoms with Crippen LogP contribution in [0.3, 0.4) is 0 Å². The van der Waals surface area contributed by atoms with Gasteiger partial charge in [0.15, 0.2) is 11.5 Å². The first kappa shape index (κ1) is 14.6. The topological polar surface area (TPSA) is 43.4 Å². The van der Waals surface area contributed by atoms with Crippen LogP contribution >= 0.6 is 11.6 Å². The van der Waals surface area contributed by atoms with E-state index in [2.05, 4.69) is 10.3 Å². The molecule has 0 spiro atoms. The van der Waals surface area contributed by atoms with E-state index < -0.39 is 0 Å². The molecule has 2 aromatic rings. The van der Waals surface area contributed by atoms with Crippen molar-refractivity contribution in [1.29, 1.82) is 0 Å². The third-order valence-electron chi connectivity index (χ3n) is 2.82. The van der Waals surface area contributed by atoms with E-state index in [1.807, 2.05) is 25.2 Å². The molecule has 0 bridgehead atoms. The van der Waals surface area contributed by atoms with E-state index >= 15 is 0 Å². The first-order valence-corrected chi connectivity index (χ1v) is 6.65. The van der Waals surface area contributed by atoms with Gasteiger partial charge in [-0.15, -0.1) is 0 Å². The summed E-state index contributed by atoms with van der Waals surface area (Å²) in [6.07, 6.45) is 3.48. The molecule has 0 radical (unpaired) electrons. The smallest absolute Gasteiger partial charge is 0.166 e. The second kappa shape index (κ2) is 7.12. The highest BCUT2D eigenvalue weighted by Gasteiger charge is 2.12. The van der Waals surface area contributed by atoms with Gasteiger partial charge < -0.3 is 14.8 Å². The number of benzene rings is 1. The quantitative estimate of drug-likeness (QED) is 0.889. The molecule has 0 amide bonds. The van der Waals surface area contributed by atoms with E-state index in [4.69, 9.17) is 21.1 Å². The van der Waals surface area contributed by atoms with Gasteiger partial charge in [-0.3, -0.25) is 4.98 Å². The predicted octanol–water partition coefficient (Wildman–Crippen LogP) is 3.04. The Bertz CT molecular complexity index is 561. The molecule has 0 fully saturated rings. The standard InChI is InChI=1S/C15H17ClN2O2/c1-17-9-12-7-13(16)8-14(19-2)15(12)20-10-11-3-5-18-6-4-11/h3-8,17H,9-10H2,1-2H3. The molecule has 2 rings (SSSR count). The van der Waals surface area contributed by atoms with Crippen LogP contribution in [0.15, 0.2) is 36.7 Å². The zero-order valence-corrected chi connectivity index (χ0v) is 12.3. The van der Waals surface area contributed by atoms with Crippen LogP contribution in [-0.4, -0.2) is 19.1 Å². The van der Waals surface area contributed by atoms with Crippen molar-refractivity contribution in [3.63, 3.8) is 0 Å².